The highest BCUT2D eigenvalue weighted by Gasteiger charge is 2.15. The van der Waals surface area contributed by atoms with Crippen LogP contribution in [0.5, 0.6) is 5.75 Å². The SMILES string of the molecule is Cc1ccc(OCC2CCCCO2)c(C=O)c1. The first-order valence-electron chi connectivity index (χ1n) is 6.10. The Morgan fingerprint density at radius 3 is 3.06 bits per heavy atom. The average molecular weight is 234 g/mol. The first kappa shape index (κ1) is 12.1. The maximum Gasteiger partial charge on any atom is 0.153 e. The number of aryl methyl sites for hydroxylation is 1. The van der Waals surface area contributed by atoms with Crippen molar-refractivity contribution in [3.63, 3.8) is 0 Å². The molecule has 92 valence electrons. The summed E-state index contributed by atoms with van der Waals surface area (Å²) >= 11 is 0. The van der Waals surface area contributed by atoms with E-state index in [4.69, 9.17) is 9.47 Å². The molecule has 1 heterocycles. The van der Waals surface area contributed by atoms with Crippen LogP contribution in [0.25, 0.3) is 0 Å². The third kappa shape index (κ3) is 3.30. The van der Waals surface area contributed by atoms with Crippen molar-refractivity contribution in [1.29, 1.82) is 0 Å². The maximum atomic E-state index is 10.9. The summed E-state index contributed by atoms with van der Waals surface area (Å²) in [5.41, 5.74) is 1.68. The van der Waals surface area contributed by atoms with Crippen LogP contribution in [0.15, 0.2) is 18.2 Å². The monoisotopic (exact) mass is 234 g/mol. The molecule has 1 saturated heterocycles. The predicted molar refractivity (Wildman–Crippen MR) is 65.7 cm³/mol. The Morgan fingerprint density at radius 2 is 2.35 bits per heavy atom. The Kier molecular flexibility index (Phi) is 4.15. The molecule has 17 heavy (non-hydrogen) atoms. The summed E-state index contributed by atoms with van der Waals surface area (Å²) in [6.45, 7) is 3.31. The van der Waals surface area contributed by atoms with E-state index in [-0.39, 0.29) is 6.10 Å². The van der Waals surface area contributed by atoms with E-state index >= 15 is 0 Å². The van der Waals surface area contributed by atoms with Gasteiger partial charge in [-0.3, -0.25) is 4.79 Å². The lowest BCUT2D eigenvalue weighted by Gasteiger charge is -2.22. The molecule has 0 bridgehead atoms. The summed E-state index contributed by atoms with van der Waals surface area (Å²) < 4.78 is 11.2. The van der Waals surface area contributed by atoms with Gasteiger partial charge in [0.1, 0.15) is 12.4 Å². The van der Waals surface area contributed by atoms with Crippen LogP contribution in [-0.4, -0.2) is 25.6 Å². The summed E-state index contributed by atoms with van der Waals surface area (Å²) in [7, 11) is 0. The second-order valence-corrected chi connectivity index (χ2v) is 4.46. The number of carbonyl (C=O) groups is 1. The second-order valence-electron chi connectivity index (χ2n) is 4.46. The summed E-state index contributed by atoms with van der Waals surface area (Å²) in [6.07, 6.45) is 4.39. The van der Waals surface area contributed by atoms with Crippen molar-refractivity contribution in [1.82, 2.24) is 0 Å². The third-order valence-corrected chi connectivity index (χ3v) is 2.99. The van der Waals surface area contributed by atoms with E-state index in [1.165, 1.54) is 6.42 Å². The Labute approximate surface area is 102 Å². The number of hydrogen-bond acceptors (Lipinski definition) is 3. The Morgan fingerprint density at radius 1 is 1.47 bits per heavy atom. The van der Waals surface area contributed by atoms with E-state index in [1.54, 1.807) is 0 Å². The van der Waals surface area contributed by atoms with Crippen molar-refractivity contribution in [2.45, 2.75) is 32.3 Å². The maximum absolute atomic E-state index is 10.9. The molecule has 0 amide bonds. The minimum atomic E-state index is 0.171. The number of benzene rings is 1. The molecule has 3 heteroatoms. The molecule has 0 saturated carbocycles. The quantitative estimate of drug-likeness (QED) is 0.751. The largest absolute Gasteiger partial charge is 0.490 e. The summed E-state index contributed by atoms with van der Waals surface area (Å²) in [5.74, 6) is 0.653. The molecule has 3 nitrogen and oxygen atoms in total. The van der Waals surface area contributed by atoms with E-state index in [9.17, 15) is 4.79 Å². The van der Waals surface area contributed by atoms with Crippen LogP contribution < -0.4 is 4.74 Å². The predicted octanol–water partition coefficient (Wildman–Crippen LogP) is 2.76. The fraction of sp³-hybridized carbons (Fsp3) is 0.500. The minimum Gasteiger partial charge on any atom is -0.490 e. The fourth-order valence-corrected chi connectivity index (χ4v) is 2.01. The van der Waals surface area contributed by atoms with Gasteiger partial charge >= 0.3 is 0 Å². The van der Waals surface area contributed by atoms with Gasteiger partial charge in [0.15, 0.2) is 6.29 Å². The summed E-state index contributed by atoms with van der Waals surface area (Å²) in [4.78, 5) is 10.9. The molecule has 1 aromatic rings. The third-order valence-electron chi connectivity index (χ3n) is 2.99. The van der Waals surface area contributed by atoms with Gasteiger partial charge in [-0.2, -0.15) is 0 Å². The smallest absolute Gasteiger partial charge is 0.153 e. The van der Waals surface area contributed by atoms with Crippen molar-refractivity contribution in [2.75, 3.05) is 13.2 Å². The number of ether oxygens (including phenoxy) is 2. The molecular formula is C14H18O3. The zero-order chi connectivity index (χ0) is 12.1. The second kappa shape index (κ2) is 5.82. The van der Waals surface area contributed by atoms with Crippen LogP contribution in [-0.2, 0) is 4.74 Å². The van der Waals surface area contributed by atoms with E-state index in [0.29, 0.717) is 17.9 Å². The van der Waals surface area contributed by atoms with Crippen molar-refractivity contribution >= 4 is 6.29 Å². The molecule has 1 aromatic carbocycles. The number of carbonyl (C=O) groups excluding carboxylic acids is 1. The van der Waals surface area contributed by atoms with Crippen LogP contribution >= 0.6 is 0 Å². The molecular weight excluding hydrogens is 216 g/mol. The molecule has 2 rings (SSSR count). The van der Waals surface area contributed by atoms with Crippen LogP contribution in [0.2, 0.25) is 0 Å². The Bertz CT molecular complexity index is 381. The number of hydrogen-bond donors (Lipinski definition) is 0. The lowest BCUT2D eigenvalue weighted by atomic mass is 10.1. The molecule has 0 radical (unpaired) electrons. The van der Waals surface area contributed by atoms with E-state index in [2.05, 4.69) is 0 Å². The lowest BCUT2D eigenvalue weighted by molar-refractivity contribution is -0.0111. The van der Waals surface area contributed by atoms with Crippen LogP contribution in [0.4, 0.5) is 0 Å². The van der Waals surface area contributed by atoms with Gasteiger partial charge < -0.3 is 9.47 Å². The molecule has 0 aromatic heterocycles. The summed E-state index contributed by atoms with van der Waals surface area (Å²) in [5, 5.41) is 0. The van der Waals surface area contributed by atoms with E-state index < -0.39 is 0 Å². The van der Waals surface area contributed by atoms with Crippen molar-refractivity contribution < 1.29 is 14.3 Å². The van der Waals surface area contributed by atoms with Crippen molar-refractivity contribution in [2.24, 2.45) is 0 Å². The molecule has 1 atom stereocenters. The van der Waals surface area contributed by atoms with Gasteiger partial charge in [-0.25, -0.2) is 0 Å². The zero-order valence-electron chi connectivity index (χ0n) is 10.1. The van der Waals surface area contributed by atoms with Crippen LogP contribution in [0.3, 0.4) is 0 Å². The highest BCUT2D eigenvalue weighted by atomic mass is 16.5. The highest BCUT2D eigenvalue weighted by molar-refractivity contribution is 5.79. The van der Waals surface area contributed by atoms with E-state index in [1.807, 2.05) is 25.1 Å². The first-order valence-corrected chi connectivity index (χ1v) is 6.10. The Balaban J connectivity index is 1.95. The average Bonchev–Trinajstić information content (AvgIpc) is 2.38. The van der Waals surface area contributed by atoms with Gasteiger partial charge in [0.2, 0.25) is 0 Å². The van der Waals surface area contributed by atoms with Gasteiger partial charge in [-0.15, -0.1) is 0 Å². The van der Waals surface area contributed by atoms with Crippen LogP contribution in [0, 0.1) is 6.92 Å². The molecule has 0 N–H and O–H groups in total. The minimum absolute atomic E-state index is 0.171. The zero-order valence-corrected chi connectivity index (χ0v) is 10.1. The molecule has 0 aliphatic carbocycles. The lowest BCUT2D eigenvalue weighted by Crippen LogP contribution is -2.26. The van der Waals surface area contributed by atoms with Crippen molar-refractivity contribution in [3.8, 4) is 5.75 Å². The summed E-state index contributed by atoms with van der Waals surface area (Å²) in [6, 6.07) is 5.63. The fourth-order valence-electron chi connectivity index (χ4n) is 2.01. The molecule has 1 fully saturated rings. The Hall–Kier alpha value is -1.35. The first-order chi connectivity index (χ1) is 8.29. The highest BCUT2D eigenvalue weighted by Crippen LogP contribution is 2.20. The molecule has 1 aliphatic rings. The van der Waals surface area contributed by atoms with Gasteiger partial charge in [0.25, 0.3) is 0 Å². The normalized spacial score (nSPS) is 19.9. The molecule has 0 spiro atoms. The molecule has 1 unspecified atom stereocenters. The number of rotatable bonds is 4. The van der Waals surface area contributed by atoms with E-state index in [0.717, 1.165) is 31.3 Å². The standard InChI is InChI=1S/C14H18O3/c1-11-5-6-14(12(8-11)9-15)17-10-13-4-2-3-7-16-13/h5-6,8-9,13H,2-4,7,10H2,1H3. The number of aldehydes is 1. The molecule has 1 aliphatic heterocycles. The van der Waals surface area contributed by atoms with Crippen molar-refractivity contribution in [3.05, 3.63) is 29.3 Å². The topological polar surface area (TPSA) is 35.5 Å². The van der Waals surface area contributed by atoms with Gasteiger partial charge in [-0.05, 0) is 38.3 Å². The van der Waals surface area contributed by atoms with Crippen LogP contribution in [0.1, 0.15) is 35.2 Å². The van der Waals surface area contributed by atoms with Gasteiger partial charge in [-0.1, -0.05) is 11.6 Å². The van der Waals surface area contributed by atoms with Gasteiger partial charge in [0, 0.05) is 6.61 Å². The van der Waals surface area contributed by atoms with Gasteiger partial charge in [0.05, 0.1) is 11.7 Å².